The fourth-order valence-electron chi connectivity index (χ4n) is 0.260. The van der Waals surface area contributed by atoms with E-state index in [0.717, 1.165) is 0 Å². The standard InChI is InChI=1S/C5H9NO.C3H7NO2/c1-5(2,3)6-4-7;4-2-1-3(5)6/h1-3H3;1-2,4H2,(H,5,6). The topological polar surface area (TPSA) is 92.8 Å². The largest absolute Gasteiger partial charge is 0.481 e. The van der Waals surface area contributed by atoms with E-state index in [0.29, 0.717) is 0 Å². The van der Waals surface area contributed by atoms with Gasteiger partial charge in [-0.25, -0.2) is 9.79 Å². The Hall–Kier alpha value is -1.19. The van der Waals surface area contributed by atoms with Gasteiger partial charge in [-0.2, -0.15) is 0 Å². The van der Waals surface area contributed by atoms with E-state index in [4.69, 9.17) is 10.8 Å². The number of carbonyl (C=O) groups excluding carboxylic acids is 1. The second-order valence-corrected chi connectivity index (χ2v) is 3.31. The quantitative estimate of drug-likeness (QED) is 0.488. The number of rotatable bonds is 2. The van der Waals surface area contributed by atoms with E-state index in [2.05, 4.69) is 4.99 Å². The smallest absolute Gasteiger partial charge is 0.304 e. The summed E-state index contributed by atoms with van der Waals surface area (Å²) in [5.74, 6) is -0.836. The lowest BCUT2D eigenvalue weighted by Crippen LogP contribution is -2.07. The Kier molecular flexibility index (Phi) is 8.23. The first-order valence-corrected chi connectivity index (χ1v) is 3.84. The third-order valence-electron chi connectivity index (χ3n) is 0.739. The van der Waals surface area contributed by atoms with Gasteiger partial charge >= 0.3 is 5.97 Å². The Morgan fingerprint density at radius 3 is 2.00 bits per heavy atom. The highest BCUT2D eigenvalue weighted by Gasteiger charge is 2.04. The number of nitrogens with zero attached hydrogens (tertiary/aromatic N) is 1. The van der Waals surface area contributed by atoms with Crippen LogP contribution in [0, 0.1) is 0 Å². The van der Waals surface area contributed by atoms with Crippen LogP contribution in [-0.4, -0.2) is 29.2 Å². The van der Waals surface area contributed by atoms with E-state index in [-0.39, 0.29) is 18.5 Å². The molecule has 0 fully saturated rings. The van der Waals surface area contributed by atoms with Crippen LogP contribution in [0.25, 0.3) is 0 Å². The number of hydrogen-bond acceptors (Lipinski definition) is 4. The number of aliphatic carboxylic acids is 1. The number of hydrogen-bond donors (Lipinski definition) is 2. The molecular weight excluding hydrogens is 172 g/mol. The molecule has 0 aliphatic heterocycles. The van der Waals surface area contributed by atoms with Gasteiger partial charge in [0, 0.05) is 6.54 Å². The number of carboxylic acids is 1. The first kappa shape index (κ1) is 14.3. The Morgan fingerprint density at radius 1 is 1.54 bits per heavy atom. The molecule has 0 rings (SSSR count). The first-order valence-electron chi connectivity index (χ1n) is 3.84. The van der Waals surface area contributed by atoms with Crippen molar-refractivity contribution in [2.24, 2.45) is 10.7 Å². The highest BCUT2D eigenvalue weighted by atomic mass is 16.4. The molecule has 0 spiro atoms. The maximum absolute atomic E-state index is 9.53. The summed E-state index contributed by atoms with van der Waals surface area (Å²) < 4.78 is 0. The number of carbonyl (C=O) groups is 1. The highest BCUT2D eigenvalue weighted by molar-refractivity contribution is 5.66. The second-order valence-electron chi connectivity index (χ2n) is 3.31. The molecule has 0 aliphatic carbocycles. The van der Waals surface area contributed by atoms with Crippen molar-refractivity contribution in [1.29, 1.82) is 0 Å². The van der Waals surface area contributed by atoms with E-state index in [1.165, 1.54) is 6.08 Å². The molecular formula is C8H16N2O3. The van der Waals surface area contributed by atoms with Crippen LogP contribution in [0.4, 0.5) is 0 Å². The van der Waals surface area contributed by atoms with Crippen molar-refractivity contribution in [3.63, 3.8) is 0 Å². The van der Waals surface area contributed by atoms with Crippen molar-refractivity contribution >= 4 is 12.0 Å². The fraction of sp³-hybridized carbons (Fsp3) is 0.750. The van der Waals surface area contributed by atoms with E-state index in [1.54, 1.807) is 0 Å². The molecule has 5 heteroatoms. The average molecular weight is 188 g/mol. The first-order chi connectivity index (χ1) is 5.83. The minimum absolute atomic E-state index is 0.0694. The molecule has 0 amide bonds. The minimum Gasteiger partial charge on any atom is -0.481 e. The molecule has 0 aliphatic rings. The van der Waals surface area contributed by atoms with Crippen LogP contribution in [0.15, 0.2) is 4.99 Å². The third-order valence-corrected chi connectivity index (χ3v) is 0.739. The second kappa shape index (κ2) is 7.46. The van der Waals surface area contributed by atoms with Gasteiger partial charge in [0.25, 0.3) is 0 Å². The van der Waals surface area contributed by atoms with Crippen molar-refractivity contribution in [2.45, 2.75) is 32.7 Å². The molecule has 0 radical (unpaired) electrons. The molecule has 0 aromatic heterocycles. The normalized spacial score (nSPS) is 9.23. The molecule has 0 heterocycles. The molecule has 3 N–H and O–H groups in total. The lowest BCUT2D eigenvalue weighted by Gasteiger charge is -2.05. The van der Waals surface area contributed by atoms with E-state index in [9.17, 15) is 9.59 Å². The van der Waals surface area contributed by atoms with Gasteiger partial charge in [0.2, 0.25) is 6.08 Å². The fourth-order valence-corrected chi connectivity index (χ4v) is 0.260. The zero-order chi connectivity index (χ0) is 10.9. The van der Waals surface area contributed by atoms with Crippen molar-refractivity contribution < 1.29 is 14.7 Å². The van der Waals surface area contributed by atoms with E-state index >= 15 is 0 Å². The van der Waals surface area contributed by atoms with Gasteiger partial charge in [0.05, 0.1) is 12.0 Å². The monoisotopic (exact) mass is 188 g/mol. The Bertz CT molecular complexity index is 190. The summed E-state index contributed by atoms with van der Waals surface area (Å²) in [6.45, 7) is 5.77. The van der Waals surface area contributed by atoms with Crippen LogP contribution in [-0.2, 0) is 9.59 Å². The molecule has 0 saturated carbocycles. The van der Waals surface area contributed by atoms with E-state index in [1.807, 2.05) is 20.8 Å². The molecule has 0 aromatic carbocycles. The molecule has 0 atom stereocenters. The molecule has 76 valence electrons. The van der Waals surface area contributed by atoms with Gasteiger partial charge in [0.15, 0.2) is 0 Å². The van der Waals surface area contributed by atoms with Crippen LogP contribution in [0.2, 0.25) is 0 Å². The van der Waals surface area contributed by atoms with Gasteiger partial charge in [0.1, 0.15) is 0 Å². The zero-order valence-corrected chi connectivity index (χ0v) is 8.20. The predicted octanol–water partition coefficient (Wildman–Crippen LogP) is 0.540. The molecule has 0 unspecified atom stereocenters. The summed E-state index contributed by atoms with van der Waals surface area (Å²) in [5, 5.41) is 7.83. The van der Waals surface area contributed by atoms with Crippen LogP contribution < -0.4 is 5.73 Å². The van der Waals surface area contributed by atoms with Crippen LogP contribution in [0.5, 0.6) is 0 Å². The van der Waals surface area contributed by atoms with Crippen LogP contribution in [0.1, 0.15) is 27.2 Å². The van der Waals surface area contributed by atoms with Crippen molar-refractivity contribution in [3.8, 4) is 0 Å². The van der Waals surface area contributed by atoms with Crippen LogP contribution in [0.3, 0.4) is 0 Å². The summed E-state index contributed by atoms with van der Waals surface area (Å²) in [6.07, 6.45) is 1.55. The number of isocyanates is 1. The lowest BCUT2D eigenvalue weighted by atomic mass is 10.1. The summed E-state index contributed by atoms with van der Waals surface area (Å²) in [7, 11) is 0. The molecule has 13 heavy (non-hydrogen) atoms. The van der Waals surface area contributed by atoms with Crippen molar-refractivity contribution in [2.75, 3.05) is 6.54 Å². The molecule has 0 bridgehead atoms. The summed E-state index contributed by atoms with van der Waals surface area (Å²) in [4.78, 5) is 22.5. The van der Waals surface area contributed by atoms with Crippen molar-refractivity contribution in [3.05, 3.63) is 0 Å². The number of aliphatic imine (C=N–C) groups is 1. The Balaban J connectivity index is 0. The molecule has 0 saturated heterocycles. The average Bonchev–Trinajstić information content (AvgIpc) is 1.84. The van der Waals surface area contributed by atoms with Gasteiger partial charge < -0.3 is 10.8 Å². The maximum Gasteiger partial charge on any atom is 0.304 e. The highest BCUT2D eigenvalue weighted by Crippen LogP contribution is 2.02. The van der Waals surface area contributed by atoms with Gasteiger partial charge in [-0.1, -0.05) is 0 Å². The van der Waals surface area contributed by atoms with Gasteiger partial charge in [-0.15, -0.1) is 0 Å². The Labute approximate surface area is 77.7 Å². The molecule has 0 aromatic rings. The minimum atomic E-state index is -0.836. The number of carboxylic acid groups (broad SMARTS) is 1. The summed E-state index contributed by atoms with van der Waals surface area (Å²) in [5.41, 5.74) is 4.60. The van der Waals surface area contributed by atoms with Crippen molar-refractivity contribution in [1.82, 2.24) is 0 Å². The number of nitrogens with two attached hydrogens (primary N) is 1. The maximum atomic E-state index is 9.53. The molecule has 5 nitrogen and oxygen atoms in total. The lowest BCUT2D eigenvalue weighted by molar-refractivity contribution is -0.136. The summed E-state index contributed by atoms with van der Waals surface area (Å²) >= 11 is 0. The van der Waals surface area contributed by atoms with E-state index < -0.39 is 5.97 Å². The SMILES string of the molecule is CC(C)(C)N=C=O.NCCC(=O)O. The summed E-state index contributed by atoms with van der Waals surface area (Å²) in [6, 6.07) is 0. The third kappa shape index (κ3) is 24.9. The van der Waals surface area contributed by atoms with Gasteiger partial charge in [-0.3, -0.25) is 4.79 Å². The predicted molar refractivity (Wildman–Crippen MR) is 49.2 cm³/mol. The zero-order valence-electron chi connectivity index (χ0n) is 8.20. The Morgan fingerprint density at radius 2 is 2.00 bits per heavy atom. The van der Waals surface area contributed by atoms with Gasteiger partial charge in [-0.05, 0) is 20.8 Å². The van der Waals surface area contributed by atoms with Crippen LogP contribution >= 0.6 is 0 Å².